The van der Waals surface area contributed by atoms with E-state index in [1.54, 1.807) is 0 Å². The van der Waals surface area contributed by atoms with Gasteiger partial charge in [0.25, 0.3) is 0 Å². The van der Waals surface area contributed by atoms with Crippen molar-refractivity contribution in [2.24, 2.45) is 11.8 Å². The molecule has 0 saturated heterocycles. The van der Waals surface area contributed by atoms with E-state index < -0.39 is 6.10 Å². The molecule has 0 aromatic rings. The number of unbranched alkanes of at least 4 members (excludes halogenated alkanes) is 39. The lowest BCUT2D eigenvalue weighted by Gasteiger charge is -2.18. The van der Waals surface area contributed by atoms with Crippen LogP contribution >= 0.6 is 0 Å². The summed E-state index contributed by atoms with van der Waals surface area (Å²) in [6.45, 7) is 11.4. The summed E-state index contributed by atoms with van der Waals surface area (Å²) in [7, 11) is 0. The highest BCUT2D eigenvalue weighted by Gasteiger charge is 2.19. The zero-order valence-electron chi connectivity index (χ0n) is 45.3. The average Bonchev–Trinajstić information content (AvgIpc) is 3.29. The van der Waals surface area contributed by atoms with Gasteiger partial charge in [0.1, 0.15) is 13.2 Å². The third-order valence-corrected chi connectivity index (χ3v) is 13.7. The van der Waals surface area contributed by atoms with Crippen LogP contribution < -0.4 is 0 Å². The standard InChI is InChI=1S/C60H116O6/c1-6-7-8-9-10-11-12-19-25-30-35-40-45-50-58(61)64-53-57(54-65-59(62)51-46-41-36-31-27-22-24-29-34-39-44-49-56(4)5)66-60(63)52-47-42-37-32-26-21-18-16-14-13-15-17-20-23-28-33-38-43-48-55(2)3/h55-57H,6-54H2,1-5H3/t57-/m0/s1. The second kappa shape index (κ2) is 52.8. The summed E-state index contributed by atoms with van der Waals surface area (Å²) in [5, 5.41) is 0. The zero-order valence-corrected chi connectivity index (χ0v) is 45.3. The minimum absolute atomic E-state index is 0.0625. The molecule has 0 spiro atoms. The topological polar surface area (TPSA) is 78.9 Å². The summed E-state index contributed by atoms with van der Waals surface area (Å²) in [5.41, 5.74) is 0. The molecule has 0 fully saturated rings. The lowest BCUT2D eigenvalue weighted by molar-refractivity contribution is -0.167. The molecule has 0 aliphatic carbocycles. The molecule has 6 heteroatoms. The van der Waals surface area contributed by atoms with Crippen LogP contribution in [0.5, 0.6) is 0 Å². The number of hydrogen-bond donors (Lipinski definition) is 0. The molecule has 0 aliphatic rings. The molecule has 0 N–H and O–H groups in total. The van der Waals surface area contributed by atoms with Gasteiger partial charge in [-0.15, -0.1) is 0 Å². The van der Waals surface area contributed by atoms with Crippen LogP contribution in [0, 0.1) is 11.8 Å². The van der Waals surface area contributed by atoms with Crippen molar-refractivity contribution in [2.75, 3.05) is 13.2 Å². The van der Waals surface area contributed by atoms with Crippen LogP contribution in [-0.4, -0.2) is 37.2 Å². The van der Waals surface area contributed by atoms with Gasteiger partial charge >= 0.3 is 17.9 Å². The van der Waals surface area contributed by atoms with Gasteiger partial charge in [0.05, 0.1) is 0 Å². The molecule has 0 aromatic carbocycles. The van der Waals surface area contributed by atoms with Gasteiger partial charge in [-0.05, 0) is 31.1 Å². The lowest BCUT2D eigenvalue weighted by atomic mass is 10.0. The maximum Gasteiger partial charge on any atom is 0.306 e. The molecule has 66 heavy (non-hydrogen) atoms. The Kier molecular flexibility index (Phi) is 51.5. The van der Waals surface area contributed by atoms with Crippen molar-refractivity contribution in [3.8, 4) is 0 Å². The van der Waals surface area contributed by atoms with Crippen molar-refractivity contribution in [1.82, 2.24) is 0 Å². The van der Waals surface area contributed by atoms with E-state index in [2.05, 4.69) is 34.6 Å². The molecule has 1 atom stereocenters. The first-order chi connectivity index (χ1) is 32.2. The molecule has 0 aromatic heterocycles. The SMILES string of the molecule is CCCCCCCCCCCCCCCC(=O)OC[C@@H](COC(=O)CCCCCCCCCCCCCC(C)C)OC(=O)CCCCCCCCCCCCCCCCCCCCC(C)C. The molecule has 392 valence electrons. The molecular formula is C60H116O6. The monoisotopic (exact) mass is 933 g/mol. The Balaban J connectivity index is 4.26. The average molecular weight is 934 g/mol. The van der Waals surface area contributed by atoms with Gasteiger partial charge in [0, 0.05) is 19.3 Å². The van der Waals surface area contributed by atoms with E-state index in [-0.39, 0.29) is 31.1 Å². The number of hydrogen-bond acceptors (Lipinski definition) is 6. The Morgan fingerprint density at radius 1 is 0.288 bits per heavy atom. The third-order valence-electron chi connectivity index (χ3n) is 13.7. The molecule has 0 aliphatic heterocycles. The van der Waals surface area contributed by atoms with Crippen LogP contribution in [0.25, 0.3) is 0 Å². The van der Waals surface area contributed by atoms with Crippen LogP contribution in [0.4, 0.5) is 0 Å². The molecule has 0 unspecified atom stereocenters. The van der Waals surface area contributed by atoms with Gasteiger partial charge in [0.2, 0.25) is 0 Å². The minimum Gasteiger partial charge on any atom is -0.462 e. The molecule has 0 bridgehead atoms. The first kappa shape index (κ1) is 64.4. The molecule has 0 heterocycles. The van der Waals surface area contributed by atoms with Gasteiger partial charge in [-0.25, -0.2) is 0 Å². The fraction of sp³-hybridized carbons (Fsp3) is 0.950. The van der Waals surface area contributed by atoms with E-state index in [9.17, 15) is 14.4 Å². The van der Waals surface area contributed by atoms with Crippen LogP contribution in [0.2, 0.25) is 0 Å². The Bertz CT molecular complexity index is 1010. The van der Waals surface area contributed by atoms with Crippen LogP contribution in [-0.2, 0) is 28.6 Å². The maximum atomic E-state index is 12.9. The highest BCUT2D eigenvalue weighted by molar-refractivity contribution is 5.71. The quantitative estimate of drug-likeness (QED) is 0.0343. The minimum atomic E-state index is -0.762. The van der Waals surface area contributed by atoms with Crippen molar-refractivity contribution in [2.45, 2.75) is 343 Å². The van der Waals surface area contributed by atoms with Gasteiger partial charge < -0.3 is 14.2 Å². The number of rotatable bonds is 54. The first-order valence-corrected chi connectivity index (χ1v) is 29.7. The van der Waals surface area contributed by atoms with Crippen molar-refractivity contribution >= 4 is 17.9 Å². The third kappa shape index (κ3) is 53.4. The van der Waals surface area contributed by atoms with E-state index >= 15 is 0 Å². The van der Waals surface area contributed by atoms with Gasteiger partial charge in [0.15, 0.2) is 6.10 Å². The second-order valence-corrected chi connectivity index (χ2v) is 21.6. The molecule has 6 nitrogen and oxygen atoms in total. The zero-order chi connectivity index (χ0) is 48.2. The number of ether oxygens (including phenoxy) is 3. The Labute approximate surface area is 412 Å². The summed E-state index contributed by atoms with van der Waals surface area (Å²) in [4.78, 5) is 38.1. The first-order valence-electron chi connectivity index (χ1n) is 29.7. The van der Waals surface area contributed by atoms with Gasteiger partial charge in [-0.3, -0.25) is 14.4 Å². The van der Waals surface area contributed by atoms with E-state index in [0.29, 0.717) is 19.3 Å². The molecule has 0 amide bonds. The van der Waals surface area contributed by atoms with Crippen LogP contribution in [0.1, 0.15) is 336 Å². The normalized spacial score (nSPS) is 12.0. The number of carbonyl (C=O) groups excluding carboxylic acids is 3. The van der Waals surface area contributed by atoms with Crippen molar-refractivity contribution in [3.63, 3.8) is 0 Å². The van der Waals surface area contributed by atoms with Gasteiger partial charge in [-0.2, -0.15) is 0 Å². The van der Waals surface area contributed by atoms with Crippen LogP contribution in [0.3, 0.4) is 0 Å². The summed E-state index contributed by atoms with van der Waals surface area (Å²) in [6, 6.07) is 0. The molecule has 0 rings (SSSR count). The Morgan fingerprint density at radius 2 is 0.500 bits per heavy atom. The predicted molar refractivity (Wildman–Crippen MR) is 284 cm³/mol. The van der Waals surface area contributed by atoms with Crippen molar-refractivity contribution in [3.05, 3.63) is 0 Å². The second-order valence-electron chi connectivity index (χ2n) is 21.6. The van der Waals surface area contributed by atoms with Gasteiger partial charge in [-0.1, -0.05) is 298 Å². The van der Waals surface area contributed by atoms with E-state index in [4.69, 9.17) is 14.2 Å². The van der Waals surface area contributed by atoms with E-state index in [1.165, 1.54) is 225 Å². The molecule has 0 radical (unpaired) electrons. The van der Waals surface area contributed by atoms with Crippen molar-refractivity contribution < 1.29 is 28.6 Å². The highest BCUT2D eigenvalue weighted by atomic mass is 16.6. The fourth-order valence-electron chi connectivity index (χ4n) is 9.23. The summed E-state index contributed by atoms with van der Waals surface area (Å²) in [5.74, 6) is 0.848. The summed E-state index contributed by atoms with van der Waals surface area (Å²) in [6.07, 6.45) is 56.7. The van der Waals surface area contributed by atoms with E-state index in [1.807, 2.05) is 0 Å². The predicted octanol–water partition coefficient (Wildman–Crippen LogP) is 19.7. The molecular weight excluding hydrogens is 817 g/mol. The van der Waals surface area contributed by atoms with Crippen LogP contribution in [0.15, 0.2) is 0 Å². The Hall–Kier alpha value is -1.59. The van der Waals surface area contributed by atoms with Crippen molar-refractivity contribution in [1.29, 1.82) is 0 Å². The lowest BCUT2D eigenvalue weighted by Crippen LogP contribution is -2.30. The smallest absolute Gasteiger partial charge is 0.306 e. The number of esters is 3. The Morgan fingerprint density at radius 3 is 0.742 bits per heavy atom. The van der Waals surface area contributed by atoms with E-state index in [0.717, 1.165) is 69.6 Å². The molecule has 0 saturated carbocycles. The summed E-state index contributed by atoms with van der Waals surface area (Å²) < 4.78 is 16.9. The highest BCUT2D eigenvalue weighted by Crippen LogP contribution is 2.18. The number of carbonyl (C=O) groups is 3. The summed E-state index contributed by atoms with van der Waals surface area (Å²) >= 11 is 0. The maximum absolute atomic E-state index is 12.9. The largest absolute Gasteiger partial charge is 0.462 e. The fourth-order valence-corrected chi connectivity index (χ4v) is 9.23.